The summed E-state index contributed by atoms with van der Waals surface area (Å²) >= 11 is 0. The quantitative estimate of drug-likeness (QED) is 0.597. The minimum atomic E-state index is -0.0342. The predicted octanol–water partition coefficient (Wildman–Crippen LogP) is 3.85. The molecule has 2 N–H and O–H groups in total. The zero-order valence-electron chi connectivity index (χ0n) is 17.7. The Labute approximate surface area is 177 Å². The highest BCUT2D eigenvalue weighted by atomic mass is 16.5. The number of anilines is 1. The van der Waals surface area contributed by atoms with Crippen molar-refractivity contribution >= 4 is 22.6 Å². The summed E-state index contributed by atoms with van der Waals surface area (Å²) in [6, 6.07) is 18.1. The molecule has 1 saturated carbocycles. The standard InChI is InChI=1S/C24H28N4O2/c1-28(2)21(18-9-5-7-11-22(18)30-3)15-25-23-14-19(24(29)26-16-12-13-16)17-8-4-6-10-20(17)27-23/h4-11,14,16,21H,12-13,15H2,1-3H3,(H,25,27)(H,26,29). The number of likely N-dealkylation sites (N-methyl/N-ethyl adjacent to an activating group) is 1. The van der Waals surface area contributed by atoms with E-state index < -0.39 is 0 Å². The molecule has 1 aliphatic carbocycles. The molecule has 1 unspecified atom stereocenters. The average molecular weight is 405 g/mol. The highest BCUT2D eigenvalue weighted by Gasteiger charge is 2.25. The number of para-hydroxylation sites is 2. The van der Waals surface area contributed by atoms with Crippen LogP contribution in [0, 0.1) is 0 Å². The summed E-state index contributed by atoms with van der Waals surface area (Å²) in [7, 11) is 5.77. The first-order valence-corrected chi connectivity index (χ1v) is 10.3. The third-order valence-electron chi connectivity index (χ3n) is 5.47. The van der Waals surface area contributed by atoms with Crippen LogP contribution in [0.3, 0.4) is 0 Å². The Morgan fingerprint density at radius 1 is 1.17 bits per heavy atom. The summed E-state index contributed by atoms with van der Waals surface area (Å²) in [5.74, 6) is 1.51. The molecule has 30 heavy (non-hydrogen) atoms. The Balaban J connectivity index is 1.61. The Morgan fingerprint density at radius 3 is 2.63 bits per heavy atom. The number of benzene rings is 2. The lowest BCUT2D eigenvalue weighted by atomic mass is 10.0. The van der Waals surface area contributed by atoms with Gasteiger partial charge in [0.2, 0.25) is 0 Å². The maximum absolute atomic E-state index is 12.8. The molecule has 6 heteroatoms. The van der Waals surface area contributed by atoms with Gasteiger partial charge in [-0.2, -0.15) is 0 Å². The second kappa shape index (κ2) is 8.71. The number of aromatic nitrogens is 1. The lowest BCUT2D eigenvalue weighted by Gasteiger charge is -2.27. The minimum absolute atomic E-state index is 0.0342. The van der Waals surface area contributed by atoms with Gasteiger partial charge in [0.1, 0.15) is 11.6 Å². The number of rotatable bonds is 8. The Kier molecular flexibility index (Phi) is 5.86. The van der Waals surface area contributed by atoms with E-state index in [1.807, 2.05) is 62.6 Å². The van der Waals surface area contributed by atoms with Crippen molar-refractivity contribution in [3.63, 3.8) is 0 Å². The number of ether oxygens (including phenoxy) is 1. The molecule has 1 amide bonds. The SMILES string of the molecule is COc1ccccc1C(CNc1cc(C(=O)NC2CC2)c2ccccc2n1)N(C)C. The Morgan fingerprint density at radius 2 is 1.90 bits per heavy atom. The van der Waals surface area contributed by atoms with Crippen molar-refractivity contribution in [3.8, 4) is 5.75 Å². The van der Waals surface area contributed by atoms with Gasteiger partial charge in [0.25, 0.3) is 5.91 Å². The molecule has 6 nitrogen and oxygen atoms in total. The van der Waals surface area contributed by atoms with E-state index in [0.29, 0.717) is 24.0 Å². The maximum Gasteiger partial charge on any atom is 0.252 e. The van der Waals surface area contributed by atoms with Crippen LogP contribution in [0.25, 0.3) is 10.9 Å². The van der Waals surface area contributed by atoms with Crippen molar-refractivity contribution < 1.29 is 9.53 Å². The molecule has 1 aliphatic rings. The van der Waals surface area contributed by atoms with Gasteiger partial charge in [-0.1, -0.05) is 36.4 Å². The second-order valence-electron chi connectivity index (χ2n) is 7.92. The summed E-state index contributed by atoms with van der Waals surface area (Å²) in [5.41, 5.74) is 2.57. The molecule has 1 fully saturated rings. The summed E-state index contributed by atoms with van der Waals surface area (Å²) in [4.78, 5) is 19.7. The van der Waals surface area contributed by atoms with Gasteiger partial charge in [0.15, 0.2) is 0 Å². The van der Waals surface area contributed by atoms with Gasteiger partial charge < -0.3 is 20.3 Å². The highest BCUT2D eigenvalue weighted by molar-refractivity contribution is 6.07. The fourth-order valence-electron chi connectivity index (χ4n) is 3.66. The zero-order chi connectivity index (χ0) is 21.1. The van der Waals surface area contributed by atoms with E-state index in [9.17, 15) is 4.79 Å². The predicted molar refractivity (Wildman–Crippen MR) is 120 cm³/mol. The van der Waals surface area contributed by atoms with Crippen molar-refractivity contribution in [2.24, 2.45) is 0 Å². The van der Waals surface area contributed by atoms with Gasteiger partial charge in [-0.3, -0.25) is 4.79 Å². The smallest absolute Gasteiger partial charge is 0.252 e. The highest BCUT2D eigenvalue weighted by Crippen LogP contribution is 2.29. The summed E-state index contributed by atoms with van der Waals surface area (Å²) in [6.07, 6.45) is 2.12. The van der Waals surface area contributed by atoms with E-state index in [1.165, 1.54) is 0 Å². The van der Waals surface area contributed by atoms with Crippen LogP contribution < -0.4 is 15.4 Å². The van der Waals surface area contributed by atoms with E-state index in [-0.39, 0.29) is 11.9 Å². The van der Waals surface area contributed by atoms with Gasteiger partial charge in [-0.25, -0.2) is 4.98 Å². The van der Waals surface area contributed by atoms with Gasteiger partial charge in [-0.15, -0.1) is 0 Å². The van der Waals surface area contributed by atoms with E-state index in [2.05, 4.69) is 21.6 Å². The topological polar surface area (TPSA) is 66.5 Å². The molecule has 2 aromatic carbocycles. The summed E-state index contributed by atoms with van der Waals surface area (Å²) in [5, 5.41) is 7.41. The fourth-order valence-corrected chi connectivity index (χ4v) is 3.66. The number of hydrogen-bond donors (Lipinski definition) is 2. The number of methoxy groups -OCH3 is 1. The number of amides is 1. The van der Waals surface area contributed by atoms with Crippen LogP contribution >= 0.6 is 0 Å². The third-order valence-corrected chi connectivity index (χ3v) is 5.47. The van der Waals surface area contributed by atoms with E-state index in [0.717, 1.165) is 35.1 Å². The number of nitrogens with one attached hydrogen (secondary N) is 2. The normalized spacial score (nSPS) is 14.5. The molecule has 1 aromatic heterocycles. The molecule has 1 heterocycles. The number of pyridine rings is 1. The zero-order valence-corrected chi connectivity index (χ0v) is 17.7. The monoisotopic (exact) mass is 404 g/mol. The molecule has 4 rings (SSSR count). The minimum Gasteiger partial charge on any atom is -0.496 e. The van der Waals surface area contributed by atoms with E-state index in [4.69, 9.17) is 9.72 Å². The Hall–Kier alpha value is -3.12. The first-order valence-electron chi connectivity index (χ1n) is 10.3. The van der Waals surface area contributed by atoms with Crippen molar-refractivity contribution in [1.82, 2.24) is 15.2 Å². The fraction of sp³-hybridized carbons (Fsp3) is 0.333. The first-order chi connectivity index (χ1) is 14.6. The molecule has 0 bridgehead atoms. The number of carbonyl (C=O) groups excluding carboxylic acids is 1. The van der Waals surface area contributed by atoms with Crippen molar-refractivity contribution in [3.05, 3.63) is 65.7 Å². The van der Waals surface area contributed by atoms with Crippen LogP contribution in [0.2, 0.25) is 0 Å². The van der Waals surface area contributed by atoms with Crippen molar-refractivity contribution in [1.29, 1.82) is 0 Å². The number of fused-ring (bicyclic) bond motifs is 1. The Bertz CT molecular complexity index is 1050. The first kappa shape index (κ1) is 20.2. The molecular formula is C24H28N4O2. The second-order valence-corrected chi connectivity index (χ2v) is 7.92. The van der Waals surface area contributed by atoms with Crippen LogP contribution in [-0.4, -0.2) is 49.6 Å². The van der Waals surface area contributed by atoms with Gasteiger partial charge >= 0.3 is 0 Å². The molecular weight excluding hydrogens is 376 g/mol. The largest absolute Gasteiger partial charge is 0.496 e. The molecule has 3 aromatic rings. The lowest BCUT2D eigenvalue weighted by molar-refractivity contribution is 0.0952. The van der Waals surface area contributed by atoms with Crippen LogP contribution in [-0.2, 0) is 0 Å². The molecule has 156 valence electrons. The molecule has 0 aliphatic heterocycles. The lowest BCUT2D eigenvalue weighted by Crippen LogP contribution is -2.28. The van der Waals surface area contributed by atoms with Crippen LogP contribution in [0.1, 0.15) is 34.8 Å². The number of carbonyl (C=O) groups is 1. The third kappa shape index (κ3) is 4.39. The van der Waals surface area contributed by atoms with E-state index >= 15 is 0 Å². The maximum atomic E-state index is 12.8. The van der Waals surface area contributed by atoms with Gasteiger partial charge in [-0.05, 0) is 45.1 Å². The van der Waals surface area contributed by atoms with Crippen molar-refractivity contribution in [2.45, 2.75) is 24.9 Å². The van der Waals surface area contributed by atoms with Crippen molar-refractivity contribution in [2.75, 3.05) is 33.1 Å². The van der Waals surface area contributed by atoms with Crippen LogP contribution in [0.15, 0.2) is 54.6 Å². The van der Waals surface area contributed by atoms with Gasteiger partial charge in [0.05, 0.1) is 24.2 Å². The summed E-state index contributed by atoms with van der Waals surface area (Å²) < 4.78 is 5.56. The molecule has 0 radical (unpaired) electrons. The molecule has 0 saturated heterocycles. The van der Waals surface area contributed by atoms with Gasteiger partial charge in [0, 0.05) is 23.5 Å². The number of nitrogens with zero attached hydrogens (tertiary/aromatic N) is 2. The number of hydrogen-bond acceptors (Lipinski definition) is 5. The van der Waals surface area contributed by atoms with E-state index in [1.54, 1.807) is 7.11 Å². The van der Waals surface area contributed by atoms with Crippen LogP contribution in [0.4, 0.5) is 5.82 Å². The average Bonchev–Trinajstić information content (AvgIpc) is 3.57. The molecule has 0 spiro atoms. The molecule has 1 atom stereocenters. The van der Waals surface area contributed by atoms with Crippen LogP contribution in [0.5, 0.6) is 5.75 Å². The summed E-state index contributed by atoms with van der Waals surface area (Å²) in [6.45, 7) is 0.627.